The van der Waals surface area contributed by atoms with Gasteiger partial charge in [0.15, 0.2) is 11.5 Å². The number of aryl methyl sites for hydroxylation is 1. The van der Waals surface area contributed by atoms with E-state index in [1.54, 1.807) is 0 Å². The van der Waals surface area contributed by atoms with Crippen LogP contribution in [0.15, 0.2) is 59.9 Å². The van der Waals surface area contributed by atoms with Crippen molar-refractivity contribution >= 4 is 17.4 Å². The summed E-state index contributed by atoms with van der Waals surface area (Å²) in [6, 6.07) is 14.2. The molecule has 0 fully saturated rings. The summed E-state index contributed by atoms with van der Waals surface area (Å²) in [6.07, 6.45) is 0.258. The molecule has 1 heterocycles. The molecule has 2 aromatic rings. The smallest absolute Gasteiger partial charge is 0.294 e. The number of amides is 1. The van der Waals surface area contributed by atoms with Crippen molar-refractivity contribution in [3.8, 4) is 5.75 Å². The van der Waals surface area contributed by atoms with Crippen LogP contribution in [0.5, 0.6) is 5.75 Å². The number of benzene rings is 2. The second kappa shape index (κ2) is 9.38. The maximum Gasteiger partial charge on any atom is 0.294 e. The van der Waals surface area contributed by atoms with Crippen LogP contribution >= 0.6 is 0 Å². The fraction of sp³-hybridized carbons (Fsp3) is 0.385. The maximum atomic E-state index is 13.1. The molecular formula is C26H31NO4. The molecule has 1 amide bonds. The topological polar surface area (TPSA) is 66.8 Å². The molecule has 0 saturated carbocycles. The summed E-state index contributed by atoms with van der Waals surface area (Å²) in [4.78, 5) is 27.7. The van der Waals surface area contributed by atoms with E-state index in [9.17, 15) is 14.7 Å². The highest BCUT2D eigenvalue weighted by atomic mass is 16.5. The summed E-state index contributed by atoms with van der Waals surface area (Å²) >= 11 is 0. The predicted octanol–water partition coefficient (Wildman–Crippen LogP) is 5.55. The van der Waals surface area contributed by atoms with Crippen molar-refractivity contribution in [2.75, 3.05) is 11.5 Å². The lowest BCUT2D eigenvalue weighted by Crippen LogP contribution is -2.31. The largest absolute Gasteiger partial charge is 0.503 e. The molecule has 5 heteroatoms. The minimum atomic E-state index is -0.705. The van der Waals surface area contributed by atoms with Crippen LogP contribution in [0.3, 0.4) is 0 Å². The van der Waals surface area contributed by atoms with Gasteiger partial charge in [0.1, 0.15) is 5.75 Å². The molecule has 0 aliphatic carbocycles. The van der Waals surface area contributed by atoms with Gasteiger partial charge >= 0.3 is 0 Å². The second-order valence-electron chi connectivity index (χ2n) is 8.97. The number of aliphatic hydroxyl groups excluding tert-OH is 1. The lowest BCUT2D eigenvalue weighted by Gasteiger charge is -2.27. The first-order valence-corrected chi connectivity index (χ1v) is 10.8. The molecule has 1 aliphatic rings. The SMILES string of the molecule is Cc1ccc(N2C(=O)C(O)=C(C(=O)CC(C)C)C2c2cccc(OCC(C)C)c2)cc1. The third kappa shape index (κ3) is 4.98. The number of hydrogen-bond donors (Lipinski definition) is 1. The van der Waals surface area contributed by atoms with Gasteiger partial charge in [-0.1, -0.05) is 57.5 Å². The Kier molecular flexibility index (Phi) is 6.84. The van der Waals surface area contributed by atoms with Crippen LogP contribution in [0.2, 0.25) is 0 Å². The Morgan fingerprint density at radius 2 is 1.74 bits per heavy atom. The maximum absolute atomic E-state index is 13.1. The van der Waals surface area contributed by atoms with Gasteiger partial charge in [-0.15, -0.1) is 0 Å². The second-order valence-corrected chi connectivity index (χ2v) is 8.97. The number of rotatable bonds is 8. The average molecular weight is 422 g/mol. The van der Waals surface area contributed by atoms with Crippen molar-refractivity contribution < 1.29 is 19.4 Å². The van der Waals surface area contributed by atoms with Crippen LogP contribution in [-0.4, -0.2) is 23.4 Å². The van der Waals surface area contributed by atoms with Crippen molar-refractivity contribution in [1.29, 1.82) is 0 Å². The van der Waals surface area contributed by atoms with Gasteiger partial charge in [-0.05, 0) is 48.6 Å². The van der Waals surface area contributed by atoms with Crippen LogP contribution in [0, 0.1) is 18.8 Å². The third-order valence-electron chi connectivity index (χ3n) is 5.17. The van der Waals surface area contributed by atoms with E-state index in [-0.39, 0.29) is 23.7 Å². The van der Waals surface area contributed by atoms with Crippen molar-refractivity contribution in [3.05, 3.63) is 71.0 Å². The molecule has 1 atom stereocenters. The highest BCUT2D eigenvalue weighted by molar-refractivity contribution is 6.16. The number of carbonyl (C=O) groups is 2. The highest BCUT2D eigenvalue weighted by Crippen LogP contribution is 2.42. The van der Waals surface area contributed by atoms with E-state index >= 15 is 0 Å². The normalized spacial score (nSPS) is 16.5. The van der Waals surface area contributed by atoms with Gasteiger partial charge in [-0.25, -0.2) is 0 Å². The first kappa shape index (κ1) is 22.6. The first-order chi connectivity index (χ1) is 14.7. The van der Waals surface area contributed by atoms with Gasteiger partial charge in [0.25, 0.3) is 5.91 Å². The summed E-state index contributed by atoms with van der Waals surface area (Å²) in [5, 5.41) is 10.7. The number of hydrogen-bond acceptors (Lipinski definition) is 4. The molecule has 5 nitrogen and oxygen atoms in total. The Labute approximate surface area is 184 Å². The fourth-order valence-electron chi connectivity index (χ4n) is 3.70. The zero-order valence-corrected chi connectivity index (χ0v) is 18.9. The van der Waals surface area contributed by atoms with Crippen molar-refractivity contribution in [2.45, 2.75) is 47.1 Å². The number of carbonyl (C=O) groups excluding carboxylic acids is 2. The third-order valence-corrected chi connectivity index (χ3v) is 5.17. The lowest BCUT2D eigenvalue weighted by molar-refractivity contribution is -0.118. The van der Waals surface area contributed by atoms with Crippen molar-refractivity contribution in [1.82, 2.24) is 0 Å². The molecule has 0 radical (unpaired) electrons. The van der Waals surface area contributed by atoms with Gasteiger partial charge in [-0.3, -0.25) is 14.5 Å². The Morgan fingerprint density at radius 1 is 1.06 bits per heavy atom. The predicted molar refractivity (Wildman–Crippen MR) is 122 cm³/mol. The molecule has 1 aliphatic heterocycles. The monoisotopic (exact) mass is 421 g/mol. The minimum Gasteiger partial charge on any atom is -0.503 e. The van der Waals surface area contributed by atoms with E-state index in [0.717, 1.165) is 11.1 Å². The quantitative estimate of drug-likeness (QED) is 0.607. The van der Waals surface area contributed by atoms with E-state index in [1.807, 2.05) is 69.3 Å². The van der Waals surface area contributed by atoms with Gasteiger partial charge in [0.05, 0.1) is 18.2 Å². The molecule has 0 spiro atoms. The molecule has 1 N–H and O–H groups in total. The molecule has 2 aromatic carbocycles. The number of anilines is 1. The zero-order valence-electron chi connectivity index (χ0n) is 18.9. The summed E-state index contributed by atoms with van der Waals surface area (Å²) in [5.74, 6) is -0.0942. The fourth-order valence-corrected chi connectivity index (χ4v) is 3.70. The van der Waals surface area contributed by atoms with E-state index in [1.165, 1.54) is 4.90 Å². The van der Waals surface area contributed by atoms with Crippen LogP contribution in [0.4, 0.5) is 5.69 Å². The minimum absolute atomic E-state index is 0.109. The van der Waals surface area contributed by atoms with Crippen LogP contribution < -0.4 is 9.64 Å². The summed E-state index contributed by atoms with van der Waals surface area (Å²) in [7, 11) is 0. The van der Waals surface area contributed by atoms with Gasteiger partial charge in [0, 0.05) is 12.1 Å². The van der Waals surface area contributed by atoms with Gasteiger partial charge in [0.2, 0.25) is 0 Å². The number of Topliss-reactive ketones (excluding diaryl/α,β-unsaturated/α-hetero) is 1. The first-order valence-electron chi connectivity index (χ1n) is 10.8. The van der Waals surface area contributed by atoms with Crippen LogP contribution in [0.25, 0.3) is 0 Å². The van der Waals surface area contributed by atoms with Crippen LogP contribution in [-0.2, 0) is 9.59 Å². The molecule has 0 bridgehead atoms. The van der Waals surface area contributed by atoms with Crippen molar-refractivity contribution in [3.63, 3.8) is 0 Å². The average Bonchev–Trinajstić information content (AvgIpc) is 2.98. The molecule has 0 aromatic heterocycles. The van der Waals surface area contributed by atoms with E-state index in [2.05, 4.69) is 13.8 Å². The van der Waals surface area contributed by atoms with E-state index < -0.39 is 17.7 Å². The Balaban J connectivity index is 2.09. The van der Waals surface area contributed by atoms with Crippen molar-refractivity contribution in [2.24, 2.45) is 11.8 Å². The van der Waals surface area contributed by atoms with Gasteiger partial charge in [-0.2, -0.15) is 0 Å². The zero-order chi connectivity index (χ0) is 22.7. The van der Waals surface area contributed by atoms with E-state index in [0.29, 0.717) is 24.0 Å². The molecule has 1 unspecified atom stereocenters. The summed E-state index contributed by atoms with van der Waals surface area (Å²) < 4.78 is 5.87. The molecule has 0 saturated heterocycles. The summed E-state index contributed by atoms with van der Waals surface area (Å²) in [6.45, 7) is 10.6. The number of aliphatic hydroxyl groups is 1. The number of ketones is 1. The van der Waals surface area contributed by atoms with Gasteiger partial charge < -0.3 is 9.84 Å². The Morgan fingerprint density at radius 3 is 2.35 bits per heavy atom. The molecule has 31 heavy (non-hydrogen) atoms. The number of ether oxygens (including phenoxy) is 1. The Bertz CT molecular complexity index is 989. The molecular weight excluding hydrogens is 390 g/mol. The lowest BCUT2D eigenvalue weighted by atomic mass is 9.92. The summed E-state index contributed by atoms with van der Waals surface area (Å²) in [5.41, 5.74) is 2.57. The molecule has 164 valence electrons. The highest BCUT2D eigenvalue weighted by Gasteiger charge is 2.44. The number of nitrogens with zero attached hydrogens (tertiary/aromatic N) is 1. The van der Waals surface area contributed by atoms with E-state index in [4.69, 9.17) is 4.74 Å². The Hall–Kier alpha value is -3.08. The molecule has 3 rings (SSSR count). The van der Waals surface area contributed by atoms with Crippen LogP contribution in [0.1, 0.15) is 51.3 Å². The standard InChI is InChI=1S/C26H31NO4/c1-16(2)13-22(28)23-24(19-7-6-8-21(14-19)31-15-17(3)4)27(26(30)25(23)29)20-11-9-18(5)10-12-20/h6-12,14,16-17,24,29H,13,15H2,1-5H3.